The van der Waals surface area contributed by atoms with E-state index in [2.05, 4.69) is 5.32 Å². The molecule has 0 spiro atoms. The Morgan fingerprint density at radius 1 is 1.15 bits per heavy atom. The number of rotatable bonds is 9. The number of nitrogens with one attached hydrogen (secondary N) is 1. The zero-order chi connectivity index (χ0) is 24.9. The fraction of sp³-hybridized carbons (Fsp3) is 0.680. The van der Waals surface area contributed by atoms with Crippen molar-refractivity contribution in [3.63, 3.8) is 0 Å². The van der Waals surface area contributed by atoms with Crippen LogP contribution in [0.4, 0.5) is 4.79 Å². The predicted molar refractivity (Wildman–Crippen MR) is 130 cm³/mol. The van der Waals surface area contributed by atoms with Crippen LogP contribution in [0.3, 0.4) is 0 Å². The third kappa shape index (κ3) is 5.93. The molecule has 8 nitrogen and oxygen atoms in total. The molecule has 1 unspecified atom stereocenters. The van der Waals surface area contributed by atoms with Crippen molar-refractivity contribution in [2.75, 3.05) is 20.7 Å². The minimum Gasteiger partial charge on any atom is -0.467 e. The van der Waals surface area contributed by atoms with E-state index >= 15 is 0 Å². The summed E-state index contributed by atoms with van der Waals surface area (Å²) in [6.07, 6.45) is 2.50. The molecule has 0 bridgehead atoms. The highest BCUT2D eigenvalue weighted by atomic mass is 16.7. The number of likely N-dealkylation sites (tertiary alicyclic amines) is 1. The third-order valence-corrected chi connectivity index (χ3v) is 7.33. The number of hydrogen-bond donors (Lipinski definition) is 1. The number of carbonyl (C=O) groups excluding carboxylic acids is 2. The average molecular weight is 474 g/mol. The second kappa shape index (κ2) is 11.1. The average Bonchev–Trinajstić information content (AvgIpc) is 3.25. The number of amides is 1. The Morgan fingerprint density at radius 3 is 2.38 bits per heavy atom. The molecule has 3 rings (SSSR count). The summed E-state index contributed by atoms with van der Waals surface area (Å²) in [5, 5.41) is 3.14. The maximum atomic E-state index is 13.1. The molecule has 188 valence electrons. The molecule has 2 fully saturated rings. The van der Waals surface area contributed by atoms with E-state index in [9.17, 15) is 9.59 Å². The van der Waals surface area contributed by atoms with Gasteiger partial charge in [-0.25, -0.2) is 9.59 Å². The van der Waals surface area contributed by atoms with Gasteiger partial charge in [0.2, 0.25) is 0 Å². The lowest BCUT2D eigenvalue weighted by atomic mass is 9.80. The summed E-state index contributed by atoms with van der Waals surface area (Å²) in [5.41, 5.74) is 0.168. The lowest BCUT2D eigenvalue weighted by molar-refractivity contribution is -0.147. The summed E-state index contributed by atoms with van der Waals surface area (Å²) in [5.74, 6) is -0.437. The van der Waals surface area contributed by atoms with Crippen molar-refractivity contribution in [3.8, 4) is 0 Å². The van der Waals surface area contributed by atoms with Crippen LogP contribution < -0.4 is 5.32 Å². The first-order chi connectivity index (χ1) is 16.1. The molecule has 0 aliphatic carbocycles. The lowest BCUT2D eigenvalue weighted by Gasteiger charge is -2.32. The zero-order valence-electron chi connectivity index (χ0n) is 21.3. The second-order valence-corrected chi connectivity index (χ2v) is 10.2. The van der Waals surface area contributed by atoms with E-state index in [0.29, 0.717) is 13.0 Å². The SMILES string of the molecule is CNCC1C[C@@H](CCCB2OC(C)(C)C(C)(C)O2)[C@@H](C(=O)OC)N1C(=O)OCc1ccccc1. The molecule has 34 heavy (non-hydrogen) atoms. The Kier molecular flexibility index (Phi) is 8.65. The number of likely N-dealkylation sites (N-methyl/N-ethyl adjacent to an activating group) is 1. The van der Waals surface area contributed by atoms with Gasteiger partial charge in [-0.3, -0.25) is 4.90 Å². The quantitative estimate of drug-likeness (QED) is 0.432. The Labute approximate surface area is 203 Å². The van der Waals surface area contributed by atoms with Crippen LogP contribution >= 0.6 is 0 Å². The van der Waals surface area contributed by atoms with Crippen molar-refractivity contribution in [1.82, 2.24) is 10.2 Å². The summed E-state index contributed by atoms with van der Waals surface area (Å²) in [6, 6.07) is 8.68. The van der Waals surface area contributed by atoms with E-state index in [-0.39, 0.29) is 36.9 Å². The van der Waals surface area contributed by atoms with Crippen molar-refractivity contribution in [2.45, 2.75) is 83.2 Å². The molecule has 2 heterocycles. The molecule has 1 aromatic carbocycles. The molecule has 0 radical (unpaired) electrons. The molecule has 0 saturated carbocycles. The number of methoxy groups -OCH3 is 1. The maximum absolute atomic E-state index is 13.1. The van der Waals surface area contributed by atoms with Crippen LogP contribution in [-0.2, 0) is 30.2 Å². The highest BCUT2D eigenvalue weighted by molar-refractivity contribution is 6.45. The molecule has 1 amide bonds. The molecule has 9 heteroatoms. The second-order valence-electron chi connectivity index (χ2n) is 10.2. The van der Waals surface area contributed by atoms with Gasteiger partial charge in [0.1, 0.15) is 12.6 Å². The standard InChI is InChI=1S/C25H39BN2O6/c1-24(2)25(3,4)34-26(33-24)14-10-13-19-15-20(16-27-5)28(21(19)22(29)31-6)23(30)32-17-18-11-8-7-9-12-18/h7-9,11-12,19-21,27H,10,13-17H2,1-6H3/t19-,20?,21+/m1/s1. The number of hydrogen-bond acceptors (Lipinski definition) is 7. The fourth-order valence-corrected chi connectivity index (χ4v) is 4.85. The number of nitrogens with zero attached hydrogens (tertiary/aromatic N) is 1. The van der Waals surface area contributed by atoms with Crippen molar-refractivity contribution >= 4 is 19.2 Å². The molecule has 2 aliphatic rings. The lowest BCUT2D eigenvalue weighted by Crippen LogP contribution is -2.49. The first-order valence-corrected chi connectivity index (χ1v) is 12.2. The van der Waals surface area contributed by atoms with Gasteiger partial charge >= 0.3 is 19.2 Å². The summed E-state index contributed by atoms with van der Waals surface area (Å²) in [6.45, 7) is 8.89. The molecule has 2 saturated heterocycles. The van der Waals surface area contributed by atoms with E-state index in [4.69, 9.17) is 18.8 Å². The summed E-state index contributed by atoms with van der Waals surface area (Å²) in [7, 11) is 2.93. The van der Waals surface area contributed by atoms with Crippen LogP contribution in [0.1, 0.15) is 52.5 Å². The van der Waals surface area contributed by atoms with E-state index < -0.39 is 18.1 Å². The summed E-state index contributed by atoms with van der Waals surface area (Å²) >= 11 is 0. The highest BCUT2D eigenvalue weighted by Gasteiger charge is 2.51. The topological polar surface area (TPSA) is 86.3 Å². The number of carbonyl (C=O) groups is 2. The van der Waals surface area contributed by atoms with Gasteiger partial charge in [0.15, 0.2) is 0 Å². The molecule has 1 aromatic rings. The van der Waals surface area contributed by atoms with Gasteiger partial charge in [-0.2, -0.15) is 0 Å². The molecular weight excluding hydrogens is 435 g/mol. The smallest absolute Gasteiger partial charge is 0.457 e. The van der Waals surface area contributed by atoms with E-state index in [1.165, 1.54) is 7.11 Å². The van der Waals surface area contributed by atoms with Crippen LogP contribution in [0.5, 0.6) is 0 Å². The monoisotopic (exact) mass is 474 g/mol. The maximum Gasteiger partial charge on any atom is 0.457 e. The van der Waals surface area contributed by atoms with Crippen molar-refractivity contribution < 1.29 is 28.4 Å². The Hall–Kier alpha value is -2.10. The number of ether oxygens (including phenoxy) is 2. The van der Waals surface area contributed by atoms with Gasteiger partial charge in [0, 0.05) is 12.6 Å². The first kappa shape index (κ1) is 26.5. The van der Waals surface area contributed by atoms with E-state index in [0.717, 1.165) is 24.7 Å². The minimum atomic E-state index is -0.676. The normalized spacial score (nSPS) is 25.4. The van der Waals surface area contributed by atoms with Crippen LogP contribution in [-0.4, -0.2) is 68.1 Å². The Balaban J connectivity index is 1.65. The van der Waals surface area contributed by atoms with Gasteiger partial charge in [-0.1, -0.05) is 36.8 Å². The molecule has 3 atom stereocenters. The van der Waals surface area contributed by atoms with Crippen LogP contribution in [0.15, 0.2) is 30.3 Å². The minimum absolute atomic E-state index is 0.0301. The largest absolute Gasteiger partial charge is 0.467 e. The zero-order valence-corrected chi connectivity index (χ0v) is 21.3. The van der Waals surface area contributed by atoms with Crippen molar-refractivity contribution in [2.24, 2.45) is 5.92 Å². The van der Waals surface area contributed by atoms with Gasteiger partial charge < -0.3 is 24.1 Å². The van der Waals surface area contributed by atoms with Crippen molar-refractivity contribution in [3.05, 3.63) is 35.9 Å². The fourth-order valence-electron chi connectivity index (χ4n) is 4.85. The highest BCUT2D eigenvalue weighted by Crippen LogP contribution is 2.39. The van der Waals surface area contributed by atoms with Crippen LogP contribution in [0.2, 0.25) is 6.32 Å². The third-order valence-electron chi connectivity index (χ3n) is 7.33. The van der Waals surface area contributed by atoms with Gasteiger partial charge in [0.25, 0.3) is 0 Å². The van der Waals surface area contributed by atoms with E-state index in [1.807, 2.05) is 65.1 Å². The van der Waals surface area contributed by atoms with Crippen LogP contribution in [0, 0.1) is 5.92 Å². The molecule has 0 aromatic heterocycles. The number of benzene rings is 1. The Bertz CT molecular complexity index is 818. The van der Waals surface area contributed by atoms with Gasteiger partial charge in [-0.15, -0.1) is 0 Å². The molecule has 2 aliphatic heterocycles. The Morgan fingerprint density at radius 2 is 1.79 bits per heavy atom. The van der Waals surface area contributed by atoms with Gasteiger partial charge in [-0.05, 0) is 65.4 Å². The number of esters is 1. The summed E-state index contributed by atoms with van der Waals surface area (Å²) in [4.78, 5) is 27.5. The first-order valence-electron chi connectivity index (χ1n) is 12.2. The van der Waals surface area contributed by atoms with Crippen molar-refractivity contribution in [1.29, 1.82) is 0 Å². The molecule has 1 N–H and O–H groups in total. The van der Waals surface area contributed by atoms with Crippen LogP contribution in [0.25, 0.3) is 0 Å². The predicted octanol–water partition coefficient (Wildman–Crippen LogP) is 3.65. The van der Waals surface area contributed by atoms with E-state index in [1.54, 1.807) is 4.90 Å². The summed E-state index contributed by atoms with van der Waals surface area (Å²) < 4.78 is 22.9. The van der Waals surface area contributed by atoms with Gasteiger partial charge in [0.05, 0.1) is 18.3 Å². The molecular formula is C25H39BN2O6.